The lowest BCUT2D eigenvalue weighted by Gasteiger charge is -2.03. The van der Waals surface area contributed by atoms with Crippen molar-refractivity contribution < 1.29 is 4.92 Å². The zero-order valence-electron chi connectivity index (χ0n) is 8.80. The van der Waals surface area contributed by atoms with Crippen LogP contribution in [0, 0.1) is 17.0 Å². The topological polar surface area (TPSA) is 68.9 Å². The van der Waals surface area contributed by atoms with Crippen molar-refractivity contribution in [3.8, 4) is 0 Å². The van der Waals surface area contributed by atoms with Crippen LogP contribution in [0.15, 0.2) is 23.2 Å². The molecule has 0 spiro atoms. The lowest BCUT2D eigenvalue weighted by molar-refractivity contribution is -0.384. The molecular formula is C10H9N3O2S. The number of aryl methyl sites for hydroxylation is 1. The van der Waals surface area contributed by atoms with E-state index in [1.54, 1.807) is 13.0 Å². The van der Waals surface area contributed by atoms with Gasteiger partial charge in [-0.25, -0.2) is 9.97 Å². The number of non-ortho nitro benzene ring substituents is 1. The summed E-state index contributed by atoms with van der Waals surface area (Å²) in [6.07, 6.45) is 1.89. The maximum absolute atomic E-state index is 10.7. The van der Waals surface area contributed by atoms with Crippen LogP contribution < -0.4 is 0 Å². The fourth-order valence-electron chi connectivity index (χ4n) is 1.47. The lowest BCUT2D eigenvalue weighted by atomic mass is 10.2. The Morgan fingerprint density at radius 2 is 2.12 bits per heavy atom. The average Bonchev–Trinajstić information content (AvgIpc) is 2.27. The summed E-state index contributed by atoms with van der Waals surface area (Å²) >= 11 is 1.46. The first-order chi connectivity index (χ1) is 7.61. The quantitative estimate of drug-likeness (QED) is 0.346. The van der Waals surface area contributed by atoms with Crippen LogP contribution in [0.4, 0.5) is 5.69 Å². The van der Waals surface area contributed by atoms with Gasteiger partial charge < -0.3 is 0 Å². The van der Waals surface area contributed by atoms with Crippen molar-refractivity contribution in [1.29, 1.82) is 0 Å². The number of hydrogen-bond acceptors (Lipinski definition) is 5. The van der Waals surface area contributed by atoms with Gasteiger partial charge in [0, 0.05) is 17.5 Å². The van der Waals surface area contributed by atoms with E-state index >= 15 is 0 Å². The molecule has 0 fully saturated rings. The van der Waals surface area contributed by atoms with Crippen LogP contribution >= 0.6 is 11.8 Å². The van der Waals surface area contributed by atoms with Gasteiger partial charge in [-0.2, -0.15) is 0 Å². The zero-order chi connectivity index (χ0) is 11.7. The molecule has 16 heavy (non-hydrogen) atoms. The van der Waals surface area contributed by atoms with Crippen LogP contribution in [0.2, 0.25) is 0 Å². The molecule has 0 amide bonds. The van der Waals surface area contributed by atoms with E-state index in [9.17, 15) is 10.1 Å². The number of thioether (sulfide) groups is 1. The standard InChI is InChI=1S/C10H9N3O2S/c1-6-11-9-4-3-7(13(14)15)5-8(9)10(12-6)16-2/h3-5H,1-2H3. The van der Waals surface area contributed by atoms with Gasteiger partial charge in [0.05, 0.1) is 10.4 Å². The first kappa shape index (κ1) is 10.8. The van der Waals surface area contributed by atoms with Crippen molar-refractivity contribution >= 4 is 28.4 Å². The molecule has 2 rings (SSSR count). The predicted molar refractivity (Wildman–Crippen MR) is 62.7 cm³/mol. The number of hydrogen-bond donors (Lipinski definition) is 0. The molecule has 0 aliphatic heterocycles. The fraction of sp³-hybridized carbons (Fsp3) is 0.200. The van der Waals surface area contributed by atoms with Gasteiger partial charge in [-0.15, -0.1) is 11.8 Å². The highest BCUT2D eigenvalue weighted by molar-refractivity contribution is 7.98. The molecule has 82 valence electrons. The third-order valence-corrected chi connectivity index (χ3v) is 2.86. The van der Waals surface area contributed by atoms with Gasteiger partial charge in [-0.05, 0) is 19.2 Å². The SMILES string of the molecule is CSc1nc(C)nc2ccc([N+](=O)[O-])cc12. The molecule has 6 heteroatoms. The molecule has 0 aliphatic carbocycles. The molecule has 0 atom stereocenters. The Labute approximate surface area is 96.1 Å². The molecule has 1 heterocycles. The van der Waals surface area contributed by atoms with Gasteiger partial charge >= 0.3 is 0 Å². The van der Waals surface area contributed by atoms with Crippen LogP contribution in [0.25, 0.3) is 10.9 Å². The molecule has 0 N–H and O–H groups in total. The lowest BCUT2D eigenvalue weighted by Crippen LogP contribution is -1.94. The molecule has 5 nitrogen and oxygen atoms in total. The first-order valence-electron chi connectivity index (χ1n) is 4.58. The number of fused-ring (bicyclic) bond motifs is 1. The molecule has 1 aromatic heterocycles. The van der Waals surface area contributed by atoms with Gasteiger partial charge in [0.1, 0.15) is 10.9 Å². The average molecular weight is 235 g/mol. The number of nitro benzene ring substituents is 1. The summed E-state index contributed by atoms with van der Waals surface area (Å²) in [5, 5.41) is 12.2. The Balaban J connectivity index is 2.75. The second-order valence-corrected chi connectivity index (χ2v) is 4.03. The van der Waals surface area contributed by atoms with E-state index in [4.69, 9.17) is 0 Å². The number of benzene rings is 1. The van der Waals surface area contributed by atoms with E-state index in [1.807, 2.05) is 6.26 Å². The Morgan fingerprint density at radius 3 is 2.75 bits per heavy atom. The first-order valence-corrected chi connectivity index (χ1v) is 5.81. The largest absolute Gasteiger partial charge is 0.270 e. The summed E-state index contributed by atoms with van der Waals surface area (Å²) < 4.78 is 0. The smallest absolute Gasteiger partial charge is 0.258 e. The number of nitro groups is 1. The normalized spacial score (nSPS) is 10.6. The summed E-state index contributed by atoms with van der Waals surface area (Å²) in [5.74, 6) is 0.672. The van der Waals surface area contributed by atoms with Crippen LogP contribution in [-0.2, 0) is 0 Å². The van der Waals surface area contributed by atoms with Crippen molar-refractivity contribution in [2.45, 2.75) is 11.9 Å². The van der Waals surface area contributed by atoms with Crippen molar-refractivity contribution in [2.24, 2.45) is 0 Å². The minimum Gasteiger partial charge on any atom is -0.258 e. The molecule has 0 saturated carbocycles. The van der Waals surface area contributed by atoms with E-state index in [0.29, 0.717) is 5.82 Å². The highest BCUT2D eigenvalue weighted by Gasteiger charge is 2.10. The molecule has 0 saturated heterocycles. The van der Waals surface area contributed by atoms with Crippen LogP contribution in [0.5, 0.6) is 0 Å². The molecule has 1 aromatic carbocycles. The van der Waals surface area contributed by atoms with E-state index in [0.717, 1.165) is 15.9 Å². The second-order valence-electron chi connectivity index (χ2n) is 3.24. The zero-order valence-corrected chi connectivity index (χ0v) is 9.61. The summed E-state index contributed by atoms with van der Waals surface area (Å²) in [7, 11) is 0. The Bertz CT molecular complexity index is 571. The van der Waals surface area contributed by atoms with Gasteiger partial charge in [0.25, 0.3) is 5.69 Å². The molecule has 0 aliphatic rings. The maximum atomic E-state index is 10.7. The van der Waals surface area contributed by atoms with Crippen LogP contribution in [0.3, 0.4) is 0 Å². The third-order valence-electron chi connectivity index (χ3n) is 2.16. The van der Waals surface area contributed by atoms with Gasteiger partial charge in [-0.1, -0.05) is 0 Å². The molecule has 2 aromatic rings. The summed E-state index contributed by atoms with van der Waals surface area (Å²) in [6, 6.07) is 4.63. The number of rotatable bonds is 2. The number of aromatic nitrogens is 2. The van der Waals surface area contributed by atoms with Crippen molar-refractivity contribution in [3.63, 3.8) is 0 Å². The van der Waals surface area contributed by atoms with Crippen molar-refractivity contribution in [2.75, 3.05) is 6.26 Å². The molecule has 0 radical (unpaired) electrons. The van der Waals surface area contributed by atoms with Crippen LogP contribution in [0.1, 0.15) is 5.82 Å². The van der Waals surface area contributed by atoms with Gasteiger partial charge in [0.15, 0.2) is 0 Å². The predicted octanol–water partition coefficient (Wildman–Crippen LogP) is 2.57. The Hall–Kier alpha value is -1.69. The third kappa shape index (κ3) is 1.83. The summed E-state index contributed by atoms with van der Waals surface area (Å²) in [5.41, 5.74) is 0.803. The minimum atomic E-state index is -0.413. The van der Waals surface area contributed by atoms with Crippen LogP contribution in [-0.4, -0.2) is 21.1 Å². The van der Waals surface area contributed by atoms with Gasteiger partial charge in [0.2, 0.25) is 0 Å². The molecular weight excluding hydrogens is 226 g/mol. The number of nitrogens with zero attached hydrogens (tertiary/aromatic N) is 3. The van der Waals surface area contributed by atoms with E-state index in [1.165, 1.54) is 23.9 Å². The Morgan fingerprint density at radius 1 is 1.38 bits per heavy atom. The highest BCUT2D eigenvalue weighted by Crippen LogP contribution is 2.26. The fourth-order valence-corrected chi connectivity index (χ4v) is 2.08. The van der Waals surface area contributed by atoms with E-state index in [2.05, 4.69) is 9.97 Å². The summed E-state index contributed by atoms with van der Waals surface area (Å²) in [4.78, 5) is 18.7. The van der Waals surface area contributed by atoms with E-state index in [-0.39, 0.29) is 5.69 Å². The monoisotopic (exact) mass is 235 g/mol. The van der Waals surface area contributed by atoms with Gasteiger partial charge in [-0.3, -0.25) is 10.1 Å². The van der Waals surface area contributed by atoms with Crippen molar-refractivity contribution in [1.82, 2.24) is 9.97 Å². The highest BCUT2D eigenvalue weighted by atomic mass is 32.2. The van der Waals surface area contributed by atoms with Crippen molar-refractivity contribution in [3.05, 3.63) is 34.1 Å². The maximum Gasteiger partial charge on any atom is 0.270 e. The molecule has 0 bridgehead atoms. The summed E-state index contributed by atoms with van der Waals surface area (Å²) in [6.45, 7) is 1.81. The minimum absolute atomic E-state index is 0.0650. The van der Waals surface area contributed by atoms with E-state index < -0.39 is 4.92 Å². The molecule has 0 unspecified atom stereocenters. The second kappa shape index (κ2) is 4.05. The Kier molecular flexibility index (Phi) is 2.74.